The number of rotatable bonds is 57. The van der Waals surface area contributed by atoms with E-state index in [1.165, 1.54) is 44.9 Å². The lowest BCUT2D eigenvalue weighted by atomic mass is 10.1. The summed E-state index contributed by atoms with van der Waals surface area (Å²) in [6.07, 6.45) is 59.1. The van der Waals surface area contributed by atoms with E-state index < -0.39 is 91.5 Å². The van der Waals surface area contributed by atoms with Gasteiger partial charge in [-0.05, 0) is 116 Å². The predicted octanol–water partition coefficient (Wildman–Crippen LogP) is 16.0. The topological polar surface area (TPSA) is 231 Å². The fraction of sp³-hybridized carbons (Fsp3) is 0.698. The summed E-state index contributed by atoms with van der Waals surface area (Å²) in [5.41, 5.74) is 0. The van der Waals surface area contributed by atoms with Crippen LogP contribution in [0.3, 0.4) is 0 Å². The number of hydrogen-bond acceptors (Lipinski definition) is 14. The first-order chi connectivity index (χ1) is 39.2. The van der Waals surface area contributed by atoms with Crippen LogP contribution in [-0.4, -0.2) is 95.9 Å². The second kappa shape index (κ2) is 56.9. The van der Waals surface area contributed by atoms with Crippen LogP contribution in [0.5, 0.6) is 0 Å². The van der Waals surface area contributed by atoms with Crippen molar-refractivity contribution in [1.29, 1.82) is 0 Å². The second-order valence-electron chi connectivity index (χ2n) is 20.1. The monoisotopic (exact) mass is 1180 g/mol. The van der Waals surface area contributed by atoms with E-state index >= 15 is 0 Å². The third kappa shape index (κ3) is 58.1. The van der Waals surface area contributed by atoms with E-state index in [4.69, 9.17) is 32.3 Å². The number of allylic oxidation sites excluding steroid dienone is 16. The summed E-state index contributed by atoms with van der Waals surface area (Å²) in [4.78, 5) is 58.1. The maximum Gasteiger partial charge on any atom is 0.472 e. The third-order valence-electron chi connectivity index (χ3n) is 12.3. The van der Waals surface area contributed by atoms with E-state index in [1.54, 1.807) is 0 Å². The van der Waals surface area contributed by atoms with Crippen LogP contribution in [0.15, 0.2) is 97.2 Å². The molecule has 16 nitrogen and oxygen atoms in total. The molecule has 0 aliphatic carbocycles. The molecule has 0 spiro atoms. The zero-order chi connectivity index (χ0) is 59.6. The first-order valence-corrected chi connectivity index (χ1v) is 33.5. The summed E-state index contributed by atoms with van der Waals surface area (Å²) in [5.74, 6) is -1.66. The number of phosphoric ester groups is 2. The molecule has 0 aromatic heterocycles. The summed E-state index contributed by atoms with van der Waals surface area (Å²) >= 11 is 0. The number of phosphoric acid groups is 2. The lowest BCUT2D eigenvalue weighted by Gasteiger charge is -2.21. The fourth-order valence-corrected chi connectivity index (χ4v) is 9.15. The Labute approximate surface area is 488 Å². The fourth-order valence-electron chi connectivity index (χ4n) is 7.57. The molecule has 0 bridgehead atoms. The van der Waals surface area contributed by atoms with Gasteiger partial charge in [0, 0.05) is 19.3 Å². The second-order valence-corrected chi connectivity index (χ2v) is 23.0. The van der Waals surface area contributed by atoms with Crippen molar-refractivity contribution in [2.24, 2.45) is 0 Å². The first-order valence-electron chi connectivity index (χ1n) is 30.5. The van der Waals surface area contributed by atoms with Crippen molar-refractivity contribution in [2.75, 3.05) is 39.6 Å². The molecule has 0 heterocycles. The molecule has 0 saturated carbocycles. The van der Waals surface area contributed by atoms with Gasteiger partial charge in [0.05, 0.1) is 26.4 Å². The SMILES string of the molecule is CC/C=C\C/C=C\C/C=C\C/C=C\C/C=C\CCCC(=O)OCC(O)COP(=O)(O)OCC(O)COP(=O)(O)OCC(COC(=O)CCCCCCC/C=C\C/C=C\CCCCC)OC(=O)CCCCCCC/C=C\CCCCCC. The normalized spacial score (nSPS) is 15.1. The van der Waals surface area contributed by atoms with Crippen molar-refractivity contribution < 1.29 is 75.8 Å². The average molecular weight is 1180 g/mol. The Hall–Kier alpha value is -3.53. The molecule has 5 unspecified atom stereocenters. The van der Waals surface area contributed by atoms with Crippen molar-refractivity contribution in [2.45, 2.75) is 245 Å². The molecule has 0 amide bonds. The highest BCUT2D eigenvalue weighted by Crippen LogP contribution is 2.45. The minimum Gasteiger partial charge on any atom is -0.463 e. The van der Waals surface area contributed by atoms with E-state index in [0.29, 0.717) is 25.7 Å². The predicted molar refractivity (Wildman–Crippen MR) is 325 cm³/mol. The number of esters is 3. The van der Waals surface area contributed by atoms with E-state index in [-0.39, 0.29) is 19.3 Å². The molecule has 0 radical (unpaired) electrons. The van der Waals surface area contributed by atoms with Gasteiger partial charge in [-0.3, -0.25) is 32.5 Å². The number of aliphatic hydroxyl groups is 2. The molecule has 0 aromatic carbocycles. The molecule has 5 atom stereocenters. The van der Waals surface area contributed by atoms with Crippen LogP contribution in [0.25, 0.3) is 0 Å². The minimum atomic E-state index is -4.93. The van der Waals surface area contributed by atoms with Crippen LogP contribution in [-0.2, 0) is 55.8 Å². The smallest absolute Gasteiger partial charge is 0.463 e. The summed E-state index contributed by atoms with van der Waals surface area (Å²) in [5, 5.41) is 20.4. The maximum absolute atomic E-state index is 12.9. The van der Waals surface area contributed by atoms with Gasteiger partial charge in [0.15, 0.2) is 6.10 Å². The maximum atomic E-state index is 12.9. The van der Waals surface area contributed by atoms with E-state index in [2.05, 4.69) is 106 Å². The zero-order valence-electron chi connectivity index (χ0n) is 49.9. The van der Waals surface area contributed by atoms with Crippen LogP contribution in [0.1, 0.15) is 226 Å². The van der Waals surface area contributed by atoms with E-state index in [1.807, 2.05) is 12.2 Å². The Morgan fingerprint density at radius 1 is 0.358 bits per heavy atom. The summed E-state index contributed by atoms with van der Waals surface area (Å²) in [6.45, 7) is 2.38. The number of carbonyl (C=O) groups excluding carboxylic acids is 3. The first kappa shape index (κ1) is 77.5. The summed E-state index contributed by atoms with van der Waals surface area (Å²) in [7, 11) is -9.78. The van der Waals surface area contributed by atoms with Gasteiger partial charge in [-0.25, -0.2) is 9.13 Å². The van der Waals surface area contributed by atoms with Crippen LogP contribution in [0.2, 0.25) is 0 Å². The number of unbranched alkanes of at least 4 members (excludes halogenated alkanes) is 18. The van der Waals surface area contributed by atoms with Gasteiger partial charge >= 0.3 is 33.6 Å². The Kier molecular flexibility index (Phi) is 54.4. The van der Waals surface area contributed by atoms with Crippen LogP contribution in [0, 0.1) is 0 Å². The molecule has 0 aromatic rings. The van der Waals surface area contributed by atoms with Crippen LogP contribution < -0.4 is 0 Å². The zero-order valence-corrected chi connectivity index (χ0v) is 51.7. The summed E-state index contributed by atoms with van der Waals surface area (Å²) < 4.78 is 60.6. The molecule has 4 N–H and O–H groups in total. The molecule has 466 valence electrons. The van der Waals surface area contributed by atoms with E-state index in [0.717, 1.165) is 116 Å². The summed E-state index contributed by atoms with van der Waals surface area (Å²) in [6, 6.07) is 0. The minimum absolute atomic E-state index is 0.0892. The molecular formula is C63H108O16P2. The van der Waals surface area contributed by atoms with Gasteiger partial charge < -0.3 is 34.2 Å². The largest absolute Gasteiger partial charge is 0.472 e. The van der Waals surface area contributed by atoms with Gasteiger partial charge in [-0.2, -0.15) is 0 Å². The van der Waals surface area contributed by atoms with Gasteiger partial charge in [0.2, 0.25) is 0 Å². The molecular weight excluding hydrogens is 1070 g/mol. The molecule has 0 saturated heterocycles. The van der Waals surface area contributed by atoms with Crippen molar-refractivity contribution in [1.82, 2.24) is 0 Å². The van der Waals surface area contributed by atoms with Gasteiger partial charge in [-0.1, -0.05) is 189 Å². The average Bonchev–Trinajstić information content (AvgIpc) is 3.44. The van der Waals surface area contributed by atoms with E-state index in [9.17, 15) is 43.5 Å². The van der Waals surface area contributed by atoms with Gasteiger partial charge in [0.1, 0.15) is 25.4 Å². The standard InChI is InChI=1S/C63H108O16P2/c1-4-7-10-13-16-19-22-25-27-28-30-33-34-37-40-43-46-49-61(66)73-52-58(64)53-75-80(69,70)76-54-59(65)55-77-81(71,72)78-57-60(79-63(68)51-48-45-42-39-36-31-24-21-18-15-12-9-6-3)56-74-62(67)50-47-44-41-38-35-32-29-26-23-20-17-14-11-8-5-2/h7,10,16-17,19-21,24-27,29-30,33,37,40,58-60,64-65H,4-6,8-9,11-15,18,22-23,28,31-32,34-36,38-39,41-57H2,1-3H3,(H,69,70)(H,71,72)/b10-7-,19-16-,20-17-,24-21-,27-25-,29-26-,33-30-,40-37-. The molecule has 81 heavy (non-hydrogen) atoms. The van der Waals surface area contributed by atoms with Crippen LogP contribution in [0.4, 0.5) is 0 Å². The third-order valence-corrected chi connectivity index (χ3v) is 14.2. The molecule has 18 heteroatoms. The van der Waals surface area contributed by atoms with Crippen molar-refractivity contribution in [3.05, 3.63) is 97.2 Å². The molecule has 0 rings (SSSR count). The number of carbonyl (C=O) groups is 3. The van der Waals surface area contributed by atoms with Gasteiger partial charge in [0.25, 0.3) is 0 Å². The lowest BCUT2D eigenvalue weighted by Crippen LogP contribution is -2.30. The highest BCUT2D eigenvalue weighted by Gasteiger charge is 2.29. The number of ether oxygens (including phenoxy) is 3. The quantitative estimate of drug-likeness (QED) is 0.0146. The number of aliphatic hydroxyl groups excluding tert-OH is 2. The van der Waals surface area contributed by atoms with Crippen LogP contribution >= 0.6 is 15.6 Å². The molecule has 0 fully saturated rings. The highest BCUT2D eigenvalue weighted by atomic mass is 31.2. The highest BCUT2D eigenvalue weighted by molar-refractivity contribution is 7.47. The molecule has 0 aliphatic rings. The van der Waals surface area contributed by atoms with Crippen molar-refractivity contribution >= 4 is 33.6 Å². The Morgan fingerprint density at radius 2 is 0.667 bits per heavy atom. The van der Waals surface area contributed by atoms with Crippen molar-refractivity contribution in [3.8, 4) is 0 Å². The Morgan fingerprint density at radius 3 is 1.12 bits per heavy atom. The number of hydrogen-bond donors (Lipinski definition) is 4. The lowest BCUT2D eigenvalue weighted by molar-refractivity contribution is -0.161. The van der Waals surface area contributed by atoms with Crippen molar-refractivity contribution in [3.63, 3.8) is 0 Å². The molecule has 0 aliphatic heterocycles. The Balaban J connectivity index is 4.75. The Bertz CT molecular complexity index is 1870. The van der Waals surface area contributed by atoms with Gasteiger partial charge in [-0.15, -0.1) is 0 Å².